The molecular weight excluding hydrogens is 466 g/mol. The predicted octanol–water partition coefficient (Wildman–Crippen LogP) is 6.03. The Labute approximate surface area is 206 Å². The summed E-state index contributed by atoms with van der Waals surface area (Å²) in [5, 5.41) is 7.05. The maximum Gasteiger partial charge on any atom is 0.327 e. The van der Waals surface area contributed by atoms with Gasteiger partial charge in [-0.3, -0.25) is 4.90 Å². The Balaban J connectivity index is 1.64. The molecule has 0 radical (unpaired) electrons. The van der Waals surface area contributed by atoms with Gasteiger partial charge in [-0.25, -0.2) is 13.6 Å². The van der Waals surface area contributed by atoms with Crippen LogP contribution in [0, 0.1) is 18.6 Å². The second-order valence-corrected chi connectivity index (χ2v) is 8.41. The number of aryl methyl sites for hydroxylation is 1. The summed E-state index contributed by atoms with van der Waals surface area (Å²) >= 11 is 0. The molecule has 9 heteroatoms. The van der Waals surface area contributed by atoms with E-state index in [1.54, 1.807) is 38.3 Å². The van der Waals surface area contributed by atoms with Crippen molar-refractivity contribution in [2.75, 3.05) is 12.0 Å². The number of halogens is 2. The van der Waals surface area contributed by atoms with Gasteiger partial charge in [-0.15, -0.1) is 0 Å². The number of hydrogen-bond donors (Lipinski definition) is 1. The monoisotopic (exact) mass is 488 g/mol. The lowest BCUT2D eigenvalue weighted by Crippen LogP contribution is -2.46. The molecule has 1 aliphatic rings. The first-order chi connectivity index (χ1) is 17.3. The molecule has 5 rings (SSSR count). The van der Waals surface area contributed by atoms with Crippen LogP contribution in [0.15, 0.2) is 77.0 Å². The number of carbonyl (C=O) groups is 1. The third-order valence-electron chi connectivity index (χ3n) is 6.01. The van der Waals surface area contributed by atoms with E-state index in [2.05, 4.69) is 15.5 Å². The van der Waals surface area contributed by atoms with E-state index in [0.29, 0.717) is 28.4 Å². The second-order valence-electron chi connectivity index (χ2n) is 8.41. The average molecular weight is 488 g/mol. The number of anilines is 1. The van der Waals surface area contributed by atoms with Crippen molar-refractivity contribution >= 4 is 17.3 Å². The Hall–Kier alpha value is -4.53. The van der Waals surface area contributed by atoms with Crippen LogP contribution in [0.3, 0.4) is 0 Å². The van der Waals surface area contributed by atoms with Gasteiger partial charge in [-0.2, -0.15) is 4.98 Å². The van der Waals surface area contributed by atoms with Gasteiger partial charge in [0.05, 0.1) is 24.4 Å². The lowest BCUT2D eigenvalue weighted by molar-refractivity contribution is 0.244. The average Bonchev–Trinajstić information content (AvgIpc) is 3.33. The summed E-state index contributed by atoms with van der Waals surface area (Å²) in [6.07, 6.45) is 0. The number of allylic oxidation sites excluding steroid dienone is 1. The normalized spacial score (nSPS) is 15.8. The van der Waals surface area contributed by atoms with Gasteiger partial charge in [0.2, 0.25) is 5.82 Å². The number of nitrogens with one attached hydrogen (secondary N) is 1. The Morgan fingerprint density at radius 2 is 1.64 bits per heavy atom. The second kappa shape index (κ2) is 9.26. The molecule has 182 valence electrons. The minimum atomic E-state index is -0.799. The van der Waals surface area contributed by atoms with Crippen LogP contribution in [0.4, 0.5) is 19.3 Å². The molecule has 36 heavy (non-hydrogen) atoms. The summed E-state index contributed by atoms with van der Waals surface area (Å²) in [6, 6.07) is 16.6. The molecule has 1 aromatic heterocycles. The fourth-order valence-corrected chi connectivity index (χ4v) is 4.20. The number of ether oxygens (including phenoxy) is 1. The van der Waals surface area contributed by atoms with Gasteiger partial charge >= 0.3 is 6.03 Å². The summed E-state index contributed by atoms with van der Waals surface area (Å²) in [5.74, 6) is -0.394. The van der Waals surface area contributed by atoms with E-state index < -0.39 is 23.7 Å². The van der Waals surface area contributed by atoms with Gasteiger partial charge in [0.1, 0.15) is 17.4 Å². The molecule has 0 bridgehead atoms. The summed E-state index contributed by atoms with van der Waals surface area (Å²) in [7, 11) is 1.58. The number of nitrogens with zero attached hydrogens (tertiary/aromatic N) is 3. The van der Waals surface area contributed by atoms with Crippen molar-refractivity contribution in [1.29, 1.82) is 0 Å². The fourth-order valence-electron chi connectivity index (χ4n) is 4.20. The number of carbonyl (C=O) groups excluding carboxylic acids is 1. The molecule has 1 N–H and O–H groups in total. The predicted molar refractivity (Wildman–Crippen MR) is 130 cm³/mol. The molecule has 0 saturated heterocycles. The fraction of sp³-hybridized carbons (Fsp3) is 0.148. The highest BCUT2D eigenvalue weighted by Gasteiger charge is 2.36. The highest BCUT2D eigenvalue weighted by Crippen LogP contribution is 2.39. The summed E-state index contributed by atoms with van der Waals surface area (Å²) in [5.41, 5.74) is 3.50. The van der Waals surface area contributed by atoms with Crippen molar-refractivity contribution in [2.24, 2.45) is 0 Å². The zero-order valence-electron chi connectivity index (χ0n) is 19.8. The number of methoxy groups -OCH3 is 1. The van der Waals surface area contributed by atoms with E-state index in [-0.39, 0.29) is 11.6 Å². The van der Waals surface area contributed by atoms with Crippen LogP contribution >= 0.6 is 0 Å². The van der Waals surface area contributed by atoms with E-state index in [1.807, 2.05) is 31.2 Å². The van der Waals surface area contributed by atoms with E-state index in [9.17, 15) is 13.6 Å². The molecule has 0 aliphatic carbocycles. The first-order valence-corrected chi connectivity index (χ1v) is 11.2. The molecule has 0 fully saturated rings. The van der Waals surface area contributed by atoms with Crippen molar-refractivity contribution in [3.05, 3.63) is 101 Å². The molecule has 7 nitrogen and oxygen atoms in total. The van der Waals surface area contributed by atoms with E-state index in [1.165, 1.54) is 4.90 Å². The Morgan fingerprint density at radius 3 is 2.28 bits per heavy atom. The lowest BCUT2D eigenvalue weighted by Gasteiger charge is -2.35. The van der Waals surface area contributed by atoms with E-state index in [0.717, 1.165) is 29.3 Å². The Bertz CT molecular complexity index is 1440. The van der Waals surface area contributed by atoms with Crippen molar-refractivity contribution < 1.29 is 22.8 Å². The first kappa shape index (κ1) is 23.2. The molecule has 0 saturated carbocycles. The number of benzene rings is 3. The quantitative estimate of drug-likeness (QED) is 0.371. The molecular formula is C27H22F2N4O3. The Kier molecular flexibility index (Phi) is 5.97. The topological polar surface area (TPSA) is 80.5 Å². The van der Waals surface area contributed by atoms with Crippen LogP contribution in [0.25, 0.3) is 17.0 Å². The van der Waals surface area contributed by atoms with Gasteiger partial charge in [-0.1, -0.05) is 35.0 Å². The first-order valence-electron chi connectivity index (χ1n) is 11.2. The summed E-state index contributed by atoms with van der Waals surface area (Å²) in [6.45, 7) is 3.64. The number of rotatable bonds is 5. The number of amides is 2. The van der Waals surface area contributed by atoms with Crippen LogP contribution in [0.2, 0.25) is 0 Å². The highest BCUT2D eigenvalue weighted by molar-refractivity contribution is 6.01. The van der Waals surface area contributed by atoms with Gasteiger partial charge in [-0.05, 0) is 55.8 Å². The van der Waals surface area contributed by atoms with Crippen molar-refractivity contribution in [3.63, 3.8) is 0 Å². The molecule has 0 spiro atoms. The molecule has 2 amide bonds. The van der Waals surface area contributed by atoms with Crippen molar-refractivity contribution in [3.8, 4) is 17.1 Å². The zero-order chi connectivity index (χ0) is 25.4. The lowest BCUT2D eigenvalue weighted by atomic mass is 9.94. The van der Waals surface area contributed by atoms with Gasteiger partial charge in [0.15, 0.2) is 0 Å². The maximum absolute atomic E-state index is 14.0. The zero-order valence-corrected chi connectivity index (χ0v) is 19.8. The third kappa shape index (κ3) is 4.31. The molecule has 1 unspecified atom stereocenters. The molecule has 3 aromatic carbocycles. The van der Waals surface area contributed by atoms with Crippen molar-refractivity contribution in [2.45, 2.75) is 19.9 Å². The number of aromatic nitrogens is 2. The standard InChI is InChI=1S/C27H22F2N4O3/c1-15-4-6-17(7-5-15)24-23(26-31-25(32-36-26)18-8-10-22(35-3)11-9-18)16(2)33(27(34)30-24)21-13-19(28)12-20(29)14-21/h4-14,24H,1-3H3,(H,30,34). The smallest absolute Gasteiger partial charge is 0.327 e. The number of urea groups is 1. The van der Waals surface area contributed by atoms with Crippen LogP contribution < -0.4 is 15.0 Å². The van der Waals surface area contributed by atoms with Crippen LogP contribution in [-0.4, -0.2) is 23.3 Å². The SMILES string of the molecule is COc1ccc(-c2noc(C3=C(C)N(c4cc(F)cc(F)c4)C(=O)NC3c3ccc(C)cc3)n2)cc1. The minimum absolute atomic E-state index is 0.0391. The minimum Gasteiger partial charge on any atom is -0.497 e. The summed E-state index contributed by atoms with van der Waals surface area (Å²) < 4.78 is 38.9. The third-order valence-corrected chi connectivity index (χ3v) is 6.01. The molecule has 4 aromatic rings. The molecule has 2 heterocycles. The van der Waals surface area contributed by atoms with Crippen LogP contribution in [0.5, 0.6) is 5.75 Å². The Morgan fingerprint density at radius 1 is 0.972 bits per heavy atom. The number of hydrogen-bond acceptors (Lipinski definition) is 5. The van der Waals surface area contributed by atoms with Gasteiger partial charge in [0, 0.05) is 17.3 Å². The largest absolute Gasteiger partial charge is 0.497 e. The van der Waals surface area contributed by atoms with Gasteiger partial charge in [0.25, 0.3) is 5.89 Å². The van der Waals surface area contributed by atoms with Crippen LogP contribution in [0.1, 0.15) is 30.0 Å². The van der Waals surface area contributed by atoms with E-state index in [4.69, 9.17) is 9.26 Å². The molecule has 1 atom stereocenters. The van der Waals surface area contributed by atoms with Crippen LogP contribution in [-0.2, 0) is 0 Å². The van der Waals surface area contributed by atoms with Gasteiger partial charge < -0.3 is 14.6 Å². The van der Waals surface area contributed by atoms with Crippen molar-refractivity contribution in [1.82, 2.24) is 15.5 Å². The highest BCUT2D eigenvalue weighted by atomic mass is 19.1. The molecule has 1 aliphatic heterocycles. The maximum atomic E-state index is 14.0. The van der Waals surface area contributed by atoms with E-state index >= 15 is 0 Å². The summed E-state index contributed by atoms with van der Waals surface area (Å²) in [4.78, 5) is 19.0.